The topological polar surface area (TPSA) is 63.2 Å². The average Bonchev–Trinajstić information content (AvgIpc) is 2.74. The number of hydrogen-bond donors (Lipinski definition) is 2. The van der Waals surface area contributed by atoms with Crippen LogP contribution in [0.5, 0.6) is 5.75 Å². The van der Waals surface area contributed by atoms with Crippen LogP contribution in [0, 0.1) is 0 Å². The summed E-state index contributed by atoms with van der Waals surface area (Å²) in [5, 5.41) is 8.75. The standard InChI is InChI=1S/C24H27N3O2/c1-17(28)27-22-5-2-18(3-6-22)15-26-21-7-10-23(11-8-21)29-24-9-4-20-16-25-13-12-19(20)14-24/h2-6,9,12-14,16,21,23,26H,7-8,10-11,15H2,1H3,(H,27,28)/t21-,23+. The van der Waals surface area contributed by atoms with Crippen LogP contribution in [0.1, 0.15) is 38.2 Å². The van der Waals surface area contributed by atoms with E-state index in [0.29, 0.717) is 6.04 Å². The molecule has 29 heavy (non-hydrogen) atoms. The Balaban J connectivity index is 1.23. The van der Waals surface area contributed by atoms with Gasteiger partial charge in [-0.2, -0.15) is 0 Å². The van der Waals surface area contributed by atoms with Crippen LogP contribution in [0.15, 0.2) is 60.9 Å². The first-order valence-corrected chi connectivity index (χ1v) is 10.3. The molecule has 0 spiro atoms. The zero-order chi connectivity index (χ0) is 20.1. The van der Waals surface area contributed by atoms with Crippen LogP contribution in [0.2, 0.25) is 0 Å². The molecule has 1 heterocycles. The molecular formula is C24H27N3O2. The molecule has 5 nitrogen and oxygen atoms in total. The number of pyridine rings is 1. The molecule has 1 aliphatic rings. The first kappa shape index (κ1) is 19.4. The summed E-state index contributed by atoms with van der Waals surface area (Å²) in [6.45, 7) is 2.36. The third-order valence-corrected chi connectivity index (χ3v) is 5.46. The van der Waals surface area contributed by atoms with Crippen molar-refractivity contribution < 1.29 is 9.53 Å². The molecule has 4 rings (SSSR count). The van der Waals surface area contributed by atoms with Gasteiger partial charge in [-0.3, -0.25) is 9.78 Å². The fourth-order valence-corrected chi connectivity index (χ4v) is 3.88. The lowest BCUT2D eigenvalue weighted by molar-refractivity contribution is -0.114. The molecule has 1 fully saturated rings. The lowest BCUT2D eigenvalue weighted by atomic mass is 9.92. The largest absolute Gasteiger partial charge is 0.490 e. The van der Waals surface area contributed by atoms with Gasteiger partial charge in [0.1, 0.15) is 5.75 Å². The number of nitrogens with one attached hydrogen (secondary N) is 2. The predicted octanol–water partition coefficient (Wildman–Crippen LogP) is 4.67. The smallest absolute Gasteiger partial charge is 0.221 e. The molecule has 0 unspecified atom stereocenters. The maximum atomic E-state index is 11.1. The predicted molar refractivity (Wildman–Crippen MR) is 116 cm³/mol. The van der Waals surface area contributed by atoms with Crippen molar-refractivity contribution in [3.8, 4) is 5.75 Å². The molecule has 2 aromatic carbocycles. The Bertz CT molecular complexity index is 963. The number of carbonyl (C=O) groups is 1. The van der Waals surface area contributed by atoms with Gasteiger partial charge in [-0.05, 0) is 73.0 Å². The Kier molecular flexibility index (Phi) is 6.06. The van der Waals surface area contributed by atoms with Crippen LogP contribution in [-0.4, -0.2) is 23.0 Å². The second kappa shape index (κ2) is 9.05. The molecule has 0 saturated heterocycles. The monoisotopic (exact) mass is 389 g/mol. The van der Waals surface area contributed by atoms with Crippen molar-refractivity contribution in [3.05, 3.63) is 66.5 Å². The summed E-state index contributed by atoms with van der Waals surface area (Å²) >= 11 is 0. The SMILES string of the molecule is CC(=O)Nc1ccc(CN[C@H]2CC[C@@H](Oc3ccc4cnccc4c3)CC2)cc1. The maximum Gasteiger partial charge on any atom is 0.221 e. The van der Waals surface area contributed by atoms with Gasteiger partial charge >= 0.3 is 0 Å². The molecule has 0 atom stereocenters. The summed E-state index contributed by atoms with van der Waals surface area (Å²) in [5.74, 6) is 0.898. The van der Waals surface area contributed by atoms with Crippen molar-refractivity contribution >= 4 is 22.4 Å². The van der Waals surface area contributed by atoms with Gasteiger partial charge in [0, 0.05) is 43.0 Å². The number of hydrogen-bond acceptors (Lipinski definition) is 4. The summed E-state index contributed by atoms with van der Waals surface area (Å²) in [6, 6.07) is 16.8. The number of amides is 1. The fraction of sp³-hybridized carbons (Fsp3) is 0.333. The van der Waals surface area contributed by atoms with Gasteiger partial charge in [-0.15, -0.1) is 0 Å². The Labute approximate surface area is 171 Å². The minimum absolute atomic E-state index is 0.0458. The van der Waals surface area contributed by atoms with E-state index >= 15 is 0 Å². The second-order valence-corrected chi connectivity index (χ2v) is 7.74. The molecule has 5 heteroatoms. The van der Waals surface area contributed by atoms with Gasteiger partial charge in [0.05, 0.1) is 6.10 Å². The van der Waals surface area contributed by atoms with E-state index in [9.17, 15) is 4.79 Å². The van der Waals surface area contributed by atoms with E-state index in [-0.39, 0.29) is 12.0 Å². The molecule has 3 aromatic rings. The molecule has 1 amide bonds. The summed E-state index contributed by atoms with van der Waals surface area (Å²) < 4.78 is 6.24. The summed E-state index contributed by atoms with van der Waals surface area (Å²) in [4.78, 5) is 15.3. The van der Waals surface area contributed by atoms with Gasteiger partial charge in [0.15, 0.2) is 0 Å². The van der Waals surface area contributed by atoms with Gasteiger partial charge in [0.25, 0.3) is 0 Å². The number of fused-ring (bicyclic) bond motifs is 1. The van der Waals surface area contributed by atoms with Crippen molar-refractivity contribution in [2.24, 2.45) is 0 Å². The van der Waals surface area contributed by atoms with E-state index in [1.54, 1.807) is 0 Å². The lowest BCUT2D eigenvalue weighted by Gasteiger charge is -2.29. The highest BCUT2D eigenvalue weighted by molar-refractivity contribution is 5.88. The number of rotatable bonds is 6. The minimum Gasteiger partial charge on any atom is -0.490 e. The third-order valence-electron chi connectivity index (χ3n) is 5.46. The van der Waals surface area contributed by atoms with E-state index < -0.39 is 0 Å². The van der Waals surface area contributed by atoms with E-state index in [2.05, 4.69) is 39.9 Å². The van der Waals surface area contributed by atoms with Crippen molar-refractivity contribution in [2.75, 3.05) is 5.32 Å². The highest BCUT2D eigenvalue weighted by atomic mass is 16.5. The van der Waals surface area contributed by atoms with Crippen LogP contribution in [-0.2, 0) is 11.3 Å². The number of aromatic nitrogens is 1. The summed E-state index contributed by atoms with van der Waals surface area (Å²) in [5.41, 5.74) is 2.06. The molecule has 2 N–H and O–H groups in total. The number of carbonyl (C=O) groups excluding carboxylic acids is 1. The number of ether oxygens (including phenoxy) is 1. The third kappa shape index (κ3) is 5.33. The normalized spacial score (nSPS) is 19.1. The van der Waals surface area contributed by atoms with Gasteiger partial charge < -0.3 is 15.4 Å². The zero-order valence-electron chi connectivity index (χ0n) is 16.7. The molecule has 1 aromatic heterocycles. The maximum absolute atomic E-state index is 11.1. The van der Waals surface area contributed by atoms with Crippen molar-refractivity contribution in [1.82, 2.24) is 10.3 Å². The number of benzene rings is 2. The molecule has 150 valence electrons. The van der Waals surface area contributed by atoms with Crippen molar-refractivity contribution in [1.29, 1.82) is 0 Å². The van der Waals surface area contributed by atoms with E-state index in [1.807, 2.05) is 36.7 Å². The van der Waals surface area contributed by atoms with E-state index in [4.69, 9.17) is 4.74 Å². The molecule has 1 saturated carbocycles. The molecule has 0 bridgehead atoms. The highest BCUT2D eigenvalue weighted by Gasteiger charge is 2.22. The van der Waals surface area contributed by atoms with Gasteiger partial charge in [-0.1, -0.05) is 12.1 Å². The fourth-order valence-electron chi connectivity index (χ4n) is 3.88. The molecule has 0 radical (unpaired) electrons. The quantitative estimate of drug-likeness (QED) is 0.643. The number of anilines is 1. The van der Waals surface area contributed by atoms with E-state index in [1.165, 1.54) is 12.5 Å². The lowest BCUT2D eigenvalue weighted by Crippen LogP contribution is -2.35. The Morgan fingerprint density at radius 3 is 2.59 bits per heavy atom. The minimum atomic E-state index is -0.0458. The first-order valence-electron chi connectivity index (χ1n) is 10.3. The highest BCUT2D eigenvalue weighted by Crippen LogP contribution is 2.26. The Morgan fingerprint density at radius 1 is 1.03 bits per heavy atom. The van der Waals surface area contributed by atoms with Crippen LogP contribution in [0.25, 0.3) is 10.8 Å². The first-order chi connectivity index (χ1) is 14.2. The summed E-state index contributed by atoms with van der Waals surface area (Å²) in [7, 11) is 0. The molecular weight excluding hydrogens is 362 g/mol. The van der Waals surface area contributed by atoms with Gasteiger partial charge in [-0.25, -0.2) is 0 Å². The zero-order valence-corrected chi connectivity index (χ0v) is 16.7. The van der Waals surface area contributed by atoms with Crippen LogP contribution < -0.4 is 15.4 Å². The summed E-state index contributed by atoms with van der Waals surface area (Å²) in [6.07, 6.45) is 8.34. The Hall–Kier alpha value is -2.92. The second-order valence-electron chi connectivity index (χ2n) is 7.74. The number of nitrogens with zero attached hydrogens (tertiary/aromatic N) is 1. The van der Waals surface area contributed by atoms with Crippen molar-refractivity contribution in [3.63, 3.8) is 0 Å². The van der Waals surface area contributed by atoms with Crippen molar-refractivity contribution in [2.45, 2.75) is 51.3 Å². The van der Waals surface area contributed by atoms with Crippen LogP contribution >= 0.6 is 0 Å². The van der Waals surface area contributed by atoms with E-state index in [0.717, 1.165) is 54.4 Å². The average molecular weight is 389 g/mol. The van der Waals surface area contributed by atoms with Crippen LogP contribution in [0.3, 0.4) is 0 Å². The molecule has 1 aliphatic carbocycles. The molecule has 0 aliphatic heterocycles. The van der Waals surface area contributed by atoms with Gasteiger partial charge in [0.2, 0.25) is 5.91 Å². The van der Waals surface area contributed by atoms with Crippen LogP contribution in [0.4, 0.5) is 5.69 Å². The Morgan fingerprint density at radius 2 is 1.83 bits per heavy atom.